The van der Waals surface area contributed by atoms with Crippen LogP contribution in [-0.2, 0) is 16.8 Å². The molecule has 0 fully saturated rings. The molecule has 4 nitrogen and oxygen atoms in total. The van der Waals surface area contributed by atoms with E-state index in [4.69, 9.17) is 4.74 Å². The van der Waals surface area contributed by atoms with E-state index in [2.05, 4.69) is 15.9 Å². The molecule has 1 unspecified atom stereocenters. The fourth-order valence-electron chi connectivity index (χ4n) is 4.53. The van der Waals surface area contributed by atoms with Crippen LogP contribution >= 0.6 is 15.9 Å². The first-order valence-electron chi connectivity index (χ1n) is 11.0. The summed E-state index contributed by atoms with van der Waals surface area (Å²) in [6, 6.07) is 10.9. The number of carboxylic acids is 1. The van der Waals surface area contributed by atoms with E-state index in [-0.39, 0.29) is 24.2 Å². The second kappa shape index (κ2) is 9.66. The molecule has 0 aliphatic carbocycles. The summed E-state index contributed by atoms with van der Waals surface area (Å²) >= 11 is 3.31. The molecule has 180 valence electrons. The Kier molecular flexibility index (Phi) is 7.49. The van der Waals surface area contributed by atoms with Gasteiger partial charge in [0.05, 0.1) is 6.61 Å². The van der Waals surface area contributed by atoms with Gasteiger partial charge in [0.15, 0.2) is 0 Å². The van der Waals surface area contributed by atoms with Crippen molar-refractivity contribution in [2.75, 3.05) is 19.7 Å². The van der Waals surface area contributed by atoms with Crippen LogP contribution in [0.15, 0.2) is 46.9 Å². The molecular weight excluding hydrogens is 499 g/mol. The van der Waals surface area contributed by atoms with Gasteiger partial charge in [0.25, 0.3) is 0 Å². The van der Waals surface area contributed by atoms with Gasteiger partial charge in [0.2, 0.25) is 0 Å². The zero-order chi connectivity index (χ0) is 24.4. The van der Waals surface area contributed by atoms with Gasteiger partial charge < -0.3 is 9.84 Å². The highest BCUT2D eigenvalue weighted by Crippen LogP contribution is 2.52. The van der Waals surface area contributed by atoms with Crippen molar-refractivity contribution in [1.82, 2.24) is 4.90 Å². The average Bonchev–Trinajstić information content (AvgIpc) is 2.73. The standard InChI is InChI=1S/C25H29BrF3NO3/c1-4-5-14-33-20-10-11-21-17(15-20)12-13-30(16-23(2,3)27)24(21,25(28,29)22(31)32)18-6-8-19(26)9-7-18/h6-11,15H,4-5,12-14,16H2,1-3H3,(H,31,32). The smallest absolute Gasteiger partial charge is 0.377 e. The van der Waals surface area contributed by atoms with E-state index in [1.165, 1.54) is 36.9 Å². The Morgan fingerprint density at radius 1 is 1.18 bits per heavy atom. The maximum absolute atomic E-state index is 15.9. The summed E-state index contributed by atoms with van der Waals surface area (Å²) in [7, 11) is 0. The first kappa shape index (κ1) is 25.6. The molecule has 0 radical (unpaired) electrons. The number of unbranched alkanes of at least 4 members (excludes halogenated alkanes) is 1. The van der Waals surface area contributed by atoms with Crippen LogP contribution in [0.4, 0.5) is 13.2 Å². The molecule has 0 saturated heterocycles. The van der Waals surface area contributed by atoms with E-state index < -0.39 is 23.1 Å². The van der Waals surface area contributed by atoms with Crippen molar-refractivity contribution >= 4 is 21.9 Å². The lowest BCUT2D eigenvalue weighted by atomic mass is 9.71. The molecular formula is C25H29BrF3NO3. The van der Waals surface area contributed by atoms with Gasteiger partial charge in [-0.3, -0.25) is 4.90 Å². The Balaban J connectivity index is 2.28. The van der Waals surface area contributed by atoms with Crippen molar-refractivity contribution in [2.45, 2.75) is 57.2 Å². The van der Waals surface area contributed by atoms with E-state index in [0.717, 1.165) is 12.8 Å². The second-order valence-electron chi connectivity index (χ2n) is 9.01. The normalized spacial score (nSPS) is 19.2. The zero-order valence-electron chi connectivity index (χ0n) is 19.0. The Morgan fingerprint density at radius 3 is 2.42 bits per heavy atom. The number of hydrogen-bond acceptors (Lipinski definition) is 3. The highest BCUT2D eigenvalue weighted by atomic mass is 79.9. The molecule has 0 bridgehead atoms. The number of benzene rings is 2. The van der Waals surface area contributed by atoms with Crippen molar-refractivity contribution in [3.8, 4) is 5.75 Å². The molecule has 0 saturated carbocycles. The van der Waals surface area contributed by atoms with E-state index in [1.807, 2.05) is 6.92 Å². The highest BCUT2D eigenvalue weighted by Gasteiger charge is 2.66. The van der Waals surface area contributed by atoms with Crippen LogP contribution in [-0.4, -0.2) is 47.3 Å². The van der Waals surface area contributed by atoms with E-state index in [1.54, 1.807) is 24.3 Å². The van der Waals surface area contributed by atoms with Gasteiger partial charge in [0.1, 0.15) is 17.0 Å². The Bertz CT molecular complexity index is 991. The molecule has 1 atom stereocenters. The lowest BCUT2D eigenvalue weighted by molar-refractivity contribution is -0.192. The SMILES string of the molecule is CCCCOc1ccc2c(c1)CCN(CC(C)(C)F)C2(c1ccc(Br)cc1)C(F)(F)C(=O)O. The number of fused-ring (bicyclic) bond motifs is 1. The second-order valence-corrected chi connectivity index (χ2v) is 9.92. The third-order valence-electron chi connectivity index (χ3n) is 5.91. The molecule has 0 amide bonds. The summed E-state index contributed by atoms with van der Waals surface area (Å²) in [5.74, 6) is -5.96. The van der Waals surface area contributed by atoms with Gasteiger partial charge in [-0.25, -0.2) is 9.18 Å². The molecule has 1 aliphatic heterocycles. The molecule has 0 aromatic heterocycles. The fourth-order valence-corrected chi connectivity index (χ4v) is 4.80. The summed E-state index contributed by atoms with van der Waals surface area (Å²) in [6.45, 7) is 4.85. The van der Waals surface area contributed by atoms with E-state index in [0.29, 0.717) is 28.8 Å². The number of halogens is 4. The Morgan fingerprint density at radius 2 is 1.85 bits per heavy atom. The van der Waals surface area contributed by atoms with Crippen LogP contribution in [0.5, 0.6) is 5.75 Å². The predicted molar refractivity (Wildman–Crippen MR) is 125 cm³/mol. The number of carbonyl (C=O) groups is 1. The van der Waals surface area contributed by atoms with Crippen LogP contribution in [0.2, 0.25) is 0 Å². The van der Waals surface area contributed by atoms with E-state index in [9.17, 15) is 14.3 Å². The monoisotopic (exact) mass is 527 g/mol. The van der Waals surface area contributed by atoms with Crippen molar-refractivity contribution < 1.29 is 27.8 Å². The quantitative estimate of drug-likeness (QED) is 0.394. The largest absolute Gasteiger partial charge is 0.494 e. The van der Waals surface area contributed by atoms with Crippen molar-refractivity contribution in [3.63, 3.8) is 0 Å². The summed E-state index contributed by atoms with van der Waals surface area (Å²) in [5, 5.41) is 9.71. The number of rotatable bonds is 9. The summed E-state index contributed by atoms with van der Waals surface area (Å²) in [4.78, 5) is 13.3. The summed E-state index contributed by atoms with van der Waals surface area (Å²) < 4.78 is 53.1. The first-order chi connectivity index (χ1) is 15.4. The predicted octanol–water partition coefficient (Wildman–Crippen LogP) is 6.20. The van der Waals surface area contributed by atoms with Gasteiger partial charge in [-0.15, -0.1) is 0 Å². The number of ether oxygens (including phenoxy) is 1. The van der Waals surface area contributed by atoms with E-state index >= 15 is 8.78 Å². The Hall–Kier alpha value is -2.06. The fraction of sp³-hybridized carbons (Fsp3) is 0.480. The van der Waals surface area contributed by atoms with Crippen molar-refractivity contribution in [2.24, 2.45) is 0 Å². The van der Waals surface area contributed by atoms with Crippen LogP contribution in [0.25, 0.3) is 0 Å². The van der Waals surface area contributed by atoms with Gasteiger partial charge in [0, 0.05) is 17.6 Å². The topological polar surface area (TPSA) is 49.8 Å². The first-order valence-corrected chi connectivity index (χ1v) is 11.8. The number of nitrogens with zero attached hydrogens (tertiary/aromatic N) is 1. The Labute approximate surface area is 200 Å². The minimum absolute atomic E-state index is 0.0672. The number of aliphatic carboxylic acids is 1. The maximum Gasteiger partial charge on any atom is 0.377 e. The highest BCUT2D eigenvalue weighted by molar-refractivity contribution is 9.10. The lowest BCUT2D eigenvalue weighted by Gasteiger charge is -2.52. The summed E-state index contributed by atoms with van der Waals surface area (Å²) in [6.07, 6.45) is 2.18. The molecule has 0 spiro atoms. The number of carboxylic acid groups (broad SMARTS) is 1. The third-order valence-corrected chi connectivity index (χ3v) is 6.44. The molecule has 3 rings (SSSR count). The van der Waals surface area contributed by atoms with Crippen LogP contribution in [0.3, 0.4) is 0 Å². The zero-order valence-corrected chi connectivity index (χ0v) is 20.6. The number of alkyl halides is 3. The minimum Gasteiger partial charge on any atom is -0.494 e. The molecule has 1 heterocycles. The van der Waals surface area contributed by atoms with Crippen LogP contribution < -0.4 is 4.74 Å². The summed E-state index contributed by atoms with van der Waals surface area (Å²) in [5.41, 5.74) is -3.41. The van der Waals surface area contributed by atoms with Crippen molar-refractivity contribution in [3.05, 3.63) is 63.6 Å². The van der Waals surface area contributed by atoms with Crippen molar-refractivity contribution in [1.29, 1.82) is 0 Å². The van der Waals surface area contributed by atoms with Gasteiger partial charge >= 0.3 is 11.9 Å². The van der Waals surface area contributed by atoms with Gasteiger partial charge in [-0.05, 0) is 67.6 Å². The average molecular weight is 528 g/mol. The van der Waals surface area contributed by atoms with Crippen LogP contribution in [0.1, 0.15) is 50.3 Å². The van der Waals surface area contributed by atoms with Crippen LogP contribution in [0, 0.1) is 0 Å². The molecule has 1 aliphatic rings. The third kappa shape index (κ3) is 4.92. The molecule has 1 N–H and O–H groups in total. The molecule has 2 aromatic rings. The number of hydrogen-bond donors (Lipinski definition) is 1. The van der Waals surface area contributed by atoms with Gasteiger partial charge in [-0.2, -0.15) is 8.78 Å². The van der Waals surface area contributed by atoms with Gasteiger partial charge in [-0.1, -0.05) is 47.5 Å². The lowest BCUT2D eigenvalue weighted by Crippen LogP contribution is -2.65. The maximum atomic E-state index is 15.9. The minimum atomic E-state index is -4.24. The molecule has 8 heteroatoms. The molecule has 33 heavy (non-hydrogen) atoms. The molecule has 2 aromatic carbocycles.